The average molecular weight is 352 g/mol. The van der Waals surface area contributed by atoms with Crippen LogP contribution in [0.3, 0.4) is 0 Å². The van der Waals surface area contributed by atoms with Gasteiger partial charge in [0.2, 0.25) is 0 Å². The lowest BCUT2D eigenvalue weighted by Crippen LogP contribution is -2.18. The third kappa shape index (κ3) is 5.02. The van der Waals surface area contributed by atoms with Crippen molar-refractivity contribution >= 4 is 10.9 Å². The molecule has 0 atom stereocenters. The summed E-state index contributed by atoms with van der Waals surface area (Å²) in [5, 5.41) is 23.7. The number of nitrogens with one attached hydrogen (secondary N) is 1. The Hall–Kier alpha value is -2.46. The van der Waals surface area contributed by atoms with Gasteiger partial charge in [-0.05, 0) is 50.0 Å². The van der Waals surface area contributed by atoms with E-state index in [9.17, 15) is 10.2 Å². The van der Waals surface area contributed by atoms with Crippen LogP contribution in [0.1, 0.15) is 31.2 Å². The summed E-state index contributed by atoms with van der Waals surface area (Å²) in [6, 6.07) is 15.8. The summed E-state index contributed by atoms with van der Waals surface area (Å²) in [5.41, 5.74) is 2.36. The first-order valence-corrected chi connectivity index (χ1v) is 9.49. The number of fused-ring (bicyclic) bond motifs is 1. The van der Waals surface area contributed by atoms with Crippen LogP contribution in [0.4, 0.5) is 0 Å². The van der Waals surface area contributed by atoms with Crippen LogP contribution in [0.15, 0.2) is 54.7 Å². The second-order valence-electron chi connectivity index (χ2n) is 6.81. The maximum Gasteiger partial charge on any atom is 0.159 e. The van der Waals surface area contributed by atoms with Gasteiger partial charge in [0.1, 0.15) is 0 Å². The summed E-state index contributed by atoms with van der Waals surface area (Å²) >= 11 is 0. The van der Waals surface area contributed by atoms with Crippen LogP contribution in [0.2, 0.25) is 0 Å². The van der Waals surface area contributed by atoms with Crippen molar-refractivity contribution in [1.29, 1.82) is 0 Å². The van der Waals surface area contributed by atoms with E-state index in [0.29, 0.717) is 0 Å². The monoisotopic (exact) mass is 352 g/mol. The van der Waals surface area contributed by atoms with E-state index in [0.717, 1.165) is 43.4 Å². The Bertz CT molecular complexity index is 812. The Morgan fingerprint density at radius 3 is 2.42 bits per heavy atom. The SMILES string of the molecule is Oc1cc2ccn(CCCCCCNCCc3ccccc3)c2cc1O. The summed E-state index contributed by atoms with van der Waals surface area (Å²) in [5.74, 6) is -0.117. The first-order valence-electron chi connectivity index (χ1n) is 9.49. The molecule has 3 N–H and O–H groups in total. The highest BCUT2D eigenvalue weighted by molar-refractivity contribution is 5.83. The number of aromatic nitrogens is 1. The Balaban J connectivity index is 1.28. The molecule has 0 unspecified atom stereocenters. The van der Waals surface area contributed by atoms with Gasteiger partial charge < -0.3 is 20.1 Å². The van der Waals surface area contributed by atoms with E-state index in [1.807, 2.05) is 12.3 Å². The van der Waals surface area contributed by atoms with Gasteiger partial charge in [-0.1, -0.05) is 43.2 Å². The largest absolute Gasteiger partial charge is 0.504 e. The van der Waals surface area contributed by atoms with E-state index >= 15 is 0 Å². The zero-order valence-corrected chi connectivity index (χ0v) is 15.2. The van der Waals surface area contributed by atoms with Crippen LogP contribution < -0.4 is 5.32 Å². The zero-order valence-electron chi connectivity index (χ0n) is 15.2. The van der Waals surface area contributed by atoms with Gasteiger partial charge in [0.25, 0.3) is 0 Å². The molecule has 0 saturated carbocycles. The first-order chi connectivity index (χ1) is 12.7. The van der Waals surface area contributed by atoms with Crippen molar-refractivity contribution in [2.75, 3.05) is 13.1 Å². The van der Waals surface area contributed by atoms with Crippen molar-refractivity contribution in [1.82, 2.24) is 9.88 Å². The highest BCUT2D eigenvalue weighted by atomic mass is 16.3. The quantitative estimate of drug-likeness (QED) is 0.373. The van der Waals surface area contributed by atoms with Gasteiger partial charge in [-0.3, -0.25) is 0 Å². The van der Waals surface area contributed by atoms with E-state index in [-0.39, 0.29) is 11.5 Å². The molecule has 3 aromatic rings. The maximum atomic E-state index is 9.67. The minimum atomic E-state index is -0.0602. The molecule has 4 nitrogen and oxygen atoms in total. The number of hydrogen-bond acceptors (Lipinski definition) is 3. The predicted octanol–water partition coefficient (Wildman–Crippen LogP) is 4.45. The lowest BCUT2D eigenvalue weighted by molar-refractivity contribution is 0.404. The Morgan fingerprint density at radius 2 is 1.58 bits per heavy atom. The van der Waals surface area contributed by atoms with Crippen molar-refractivity contribution in [2.45, 2.75) is 38.6 Å². The predicted molar refractivity (Wildman–Crippen MR) is 107 cm³/mol. The van der Waals surface area contributed by atoms with Crippen molar-refractivity contribution in [3.8, 4) is 11.5 Å². The van der Waals surface area contributed by atoms with Crippen LogP contribution in [-0.2, 0) is 13.0 Å². The van der Waals surface area contributed by atoms with E-state index in [1.54, 1.807) is 12.1 Å². The molecule has 3 rings (SSSR count). The standard InChI is InChI=1S/C22H28N2O2/c25-21-16-19-11-15-24(20(19)17-22(21)26)14-7-2-1-6-12-23-13-10-18-8-4-3-5-9-18/h3-5,8-9,11,15-17,23,25-26H,1-2,6-7,10,12-14H2. The Kier molecular flexibility index (Phi) is 6.56. The molecule has 0 fully saturated rings. The number of phenolic OH excluding ortho intramolecular Hbond substituents is 2. The first kappa shape index (κ1) is 18.3. The van der Waals surface area contributed by atoms with Gasteiger partial charge in [-0.25, -0.2) is 0 Å². The summed E-state index contributed by atoms with van der Waals surface area (Å²) in [7, 11) is 0. The van der Waals surface area contributed by atoms with Crippen molar-refractivity contribution in [2.24, 2.45) is 0 Å². The smallest absolute Gasteiger partial charge is 0.159 e. The number of unbranched alkanes of at least 4 members (excludes halogenated alkanes) is 3. The zero-order chi connectivity index (χ0) is 18.2. The normalized spacial score (nSPS) is 11.2. The Morgan fingerprint density at radius 1 is 0.808 bits per heavy atom. The number of aromatic hydroxyl groups is 2. The molecular formula is C22H28N2O2. The van der Waals surface area contributed by atoms with Crippen LogP contribution in [-0.4, -0.2) is 27.9 Å². The molecule has 0 radical (unpaired) electrons. The fourth-order valence-electron chi connectivity index (χ4n) is 3.30. The van der Waals surface area contributed by atoms with Crippen LogP contribution in [0.25, 0.3) is 10.9 Å². The second kappa shape index (κ2) is 9.30. The molecule has 26 heavy (non-hydrogen) atoms. The topological polar surface area (TPSA) is 57.4 Å². The van der Waals surface area contributed by atoms with E-state index in [2.05, 4.69) is 40.2 Å². The number of benzene rings is 2. The summed E-state index contributed by atoms with van der Waals surface area (Å²) in [4.78, 5) is 0. The summed E-state index contributed by atoms with van der Waals surface area (Å²) < 4.78 is 2.15. The molecular weight excluding hydrogens is 324 g/mol. The van der Waals surface area contributed by atoms with Crippen molar-refractivity contribution in [3.05, 3.63) is 60.3 Å². The number of nitrogens with zero attached hydrogens (tertiary/aromatic N) is 1. The number of rotatable bonds is 10. The second-order valence-corrected chi connectivity index (χ2v) is 6.81. The Labute approximate surface area is 155 Å². The lowest BCUT2D eigenvalue weighted by Gasteiger charge is -2.07. The van der Waals surface area contributed by atoms with E-state index in [1.165, 1.54) is 24.8 Å². The third-order valence-electron chi connectivity index (χ3n) is 4.80. The number of aryl methyl sites for hydroxylation is 1. The fraction of sp³-hybridized carbons (Fsp3) is 0.364. The van der Waals surface area contributed by atoms with Gasteiger partial charge in [-0.2, -0.15) is 0 Å². The molecule has 2 aromatic carbocycles. The lowest BCUT2D eigenvalue weighted by atomic mass is 10.1. The molecule has 0 saturated heterocycles. The average Bonchev–Trinajstić information content (AvgIpc) is 3.03. The van der Waals surface area contributed by atoms with Crippen LogP contribution >= 0.6 is 0 Å². The summed E-state index contributed by atoms with van der Waals surface area (Å²) in [6.07, 6.45) is 7.86. The van der Waals surface area contributed by atoms with Gasteiger partial charge >= 0.3 is 0 Å². The highest BCUT2D eigenvalue weighted by Gasteiger charge is 2.06. The molecule has 4 heteroatoms. The molecule has 0 aliphatic carbocycles. The van der Waals surface area contributed by atoms with Crippen LogP contribution in [0.5, 0.6) is 11.5 Å². The van der Waals surface area contributed by atoms with Gasteiger partial charge in [0.05, 0.1) is 5.52 Å². The van der Waals surface area contributed by atoms with Crippen LogP contribution in [0, 0.1) is 0 Å². The highest BCUT2D eigenvalue weighted by Crippen LogP contribution is 2.30. The van der Waals surface area contributed by atoms with E-state index < -0.39 is 0 Å². The van der Waals surface area contributed by atoms with E-state index in [4.69, 9.17) is 0 Å². The van der Waals surface area contributed by atoms with Crippen molar-refractivity contribution in [3.63, 3.8) is 0 Å². The van der Waals surface area contributed by atoms with Crippen molar-refractivity contribution < 1.29 is 10.2 Å². The third-order valence-corrected chi connectivity index (χ3v) is 4.80. The number of hydrogen-bond donors (Lipinski definition) is 3. The molecule has 0 amide bonds. The maximum absolute atomic E-state index is 9.67. The molecule has 138 valence electrons. The van der Waals surface area contributed by atoms with Gasteiger partial charge in [0, 0.05) is 24.2 Å². The fourth-order valence-corrected chi connectivity index (χ4v) is 3.30. The molecule has 0 aliphatic rings. The minimum absolute atomic E-state index is 0.0565. The molecule has 0 aliphatic heterocycles. The molecule has 0 bridgehead atoms. The van der Waals surface area contributed by atoms with Gasteiger partial charge in [-0.15, -0.1) is 0 Å². The minimum Gasteiger partial charge on any atom is -0.504 e. The molecule has 0 spiro atoms. The molecule has 1 heterocycles. The summed E-state index contributed by atoms with van der Waals surface area (Å²) in [6.45, 7) is 3.05. The number of phenols is 2. The molecule has 1 aromatic heterocycles. The van der Waals surface area contributed by atoms with Gasteiger partial charge in [0.15, 0.2) is 11.5 Å².